The average Bonchev–Trinajstić information content (AvgIpc) is 2.60. The Morgan fingerprint density at radius 2 is 1.76 bits per heavy atom. The zero-order valence-corrected chi connectivity index (χ0v) is 15.5. The van der Waals surface area contributed by atoms with Gasteiger partial charge in [-0.1, -0.05) is 59.6 Å². The third kappa shape index (κ3) is 5.45. The van der Waals surface area contributed by atoms with Crippen LogP contribution in [-0.2, 0) is 22.5 Å². The van der Waals surface area contributed by atoms with E-state index in [4.69, 9.17) is 16.3 Å². The number of benzene rings is 2. The molecule has 0 aromatic heterocycles. The number of methoxy groups -OCH3 is 1. The van der Waals surface area contributed by atoms with Crippen molar-refractivity contribution in [3.63, 3.8) is 0 Å². The number of ether oxygens (including phenoxy) is 1. The Balaban J connectivity index is 2.29. The first kappa shape index (κ1) is 19.2. The highest BCUT2D eigenvalue weighted by atomic mass is 35.5. The molecule has 1 atom stereocenters. The topological polar surface area (TPSA) is 38.3 Å². The molecule has 0 heterocycles. The summed E-state index contributed by atoms with van der Waals surface area (Å²) in [5, 5.41) is 4.11. The number of carbonyl (C=O) groups is 1. The molecule has 25 heavy (non-hydrogen) atoms. The van der Waals surface area contributed by atoms with E-state index in [0.717, 1.165) is 16.7 Å². The predicted octanol–water partition coefficient (Wildman–Crippen LogP) is 4.55. The van der Waals surface area contributed by atoms with Crippen molar-refractivity contribution in [3.8, 4) is 0 Å². The van der Waals surface area contributed by atoms with E-state index >= 15 is 0 Å². The van der Waals surface area contributed by atoms with Gasteiger partial charge in [-0.2, -0.15) is 0 Å². The first-order valence-corrected chi connectivity index (χ1v) is 8.59. The third-order valence-corrected chi connectivity index (χ3v) is 4.32. The van der Waals surface area contributed by atoms with Gasteiger partial charge < -0.3 is 4.74 Å². The summed E-state index contributed by atoms with van der Waals surface area (Å²) < 4.78 is 5.13. The molecule has 2 rings (SSSR count). The van der Waals surface area contributed by atoms with Gasteiger partial charge in [-0.15, -0.1) is 6.58 Å². The molecule has 0 fully saturated rings. The number of nitrogens with one attached hydrogen (secondary N) is 1. The molecule has 0 saturated carbocycles. The predicted molar refractivity (Wildman–Crippen MR) is 103 cm³/mol. The monoisotopic (exact) mass is 357 g/mol. The number of carbonyl (C=O) groups excluding carboxylic acids is 1. The van der Waals surface area contributed by atoms with Crippen LogP contribution in [0.15, 0.2) is 66.7 Å². The Labute approximate surface area is 154 Å². The molecule has 1 N–H and O–H groups in total. The lowest BCUT2D eigenvalue weighted by Gasteiger charge is -2.33. The van der Waals surface area contributed by atoms with Gasteiger partial charge in [-0.05, 0) is 36.6 Å². The van der Waals surface area contributed by atoms with E-state index in [1.165, 1.54) is 7.11 Å². The summed E-state index contributed by atoms with van der Waals surface area (Å²) in [5.41, 5.74) is 2.18. The number of esters is 1. The first-order chi connectivity index (χ1) is 11.9. The minimum absolute atomic E-state index is 0.284. The molecule has 0 unspecified atom stereocenters. The summed E-state index contributed by atoms with van der Waals surface area (Å²) in [7, 11) is 1.42. The van der Waals surface area contributed by atoms with Gasteiger partial charge in [-0.3, -0.25) is 10.1 Å². The number of halogens is 1. The van der Waals surface area contributed by atoms with Gasteiger partial charge in [0.2, 0.25) is 0 Å². The molecular formula is C21H24ClNO2. The lowest BCUT2D eigenvalue weighted by molar-refractivity contribution is -0.148. The second-order valence-corrected chi connectivity index (χ2v) is 6.79. The normalized spacial score (nSPS) is 13.1. The van der Waals surface area contributed by atoms with Gasteiger partial charge in [0, 0.05) is 18.0 Å². The van der Waals surface area contributed by atoms with E-state index in [1.54, 1.807) is 0 Å². The fourth-order valence-corrected chi connectivity index (χ4v) is 3.06. The summed E-state index contributed by atoms with van der Waals surface area (Å²) >= 11 is 5.94. The van der Waals surface area contributed by atoms with Crippen molar-refractivity contribution in [2.45, 2.75) is 31.8 Å². The van der Waals surface area contributed by atoms with E-state index in [2.05, 4.69) is 11.9 Å². The molecule has 4 heteroatoms. The van der Waals surface area contributed by atoms with Crippen molar-refractivity contribution in [1.82, 2.24) is 5.32 Å². The van der Waals surface area contributed by atoms with Crippen LogP contribution in [0.2, 0.25) is 5.02 Å². The Hall–Kier alpha value is -2.10. The highest BCUT2D eigenvalue weighted by Crippen LogP contribution is 2.24. The number of hydrogen-bond acceptors (Lipinski definition) is 3. The minimum atomic E-state index is -0.860. The summed E-state index contributed by atoms with van der Waals surface area (Å²) in [5.74, 6) is -0.284. The van der Waals surface area contributed by atoms with Crippen LogP contribution < -0.4 is 5.32 Å². The standard InChI is InChI=1S/C21H24ClNO2/c1-16(2)13-21(20(24)25-3,14-17-7-5-4-6-8-17)23-15-18-9-11-19(22)12-10-18/h4-12,23H,1,13-15H2,2-3H3/t21-/m1/s1. The summed E-state index contributed by atoms with van der Waals surface area (Å²) in [6.45, 7) is 6.46. The molecule has 0 aliphatic rings. The van der Waals surface area contributed by atoms with Gasteiger partial charge in [0.1, 0.15) is 5.54 Å². The lowest BCUT2D eigenvalue weighted by Crippen LogP contribution is -2.54. The van der Waals surface area contributed by atoms with Crippen LogP contribution in [-0.4, -0.2) is 18.6 Å². The number of hydrogen-bond donors (Lipinski definition) is 1. The Kier molecular flexibility index (Phi) is 6.80. The lowest BCUT2D eigenvalue weighted by atomic mass is 9.84. The molecular weight excluding hydrogens is 334 g/mol. The van der Waals surface area contributed by atoms with E-state index in [9.17, 15) is 4.79 Å². The van der Waals surface area contributed by atoms with Crippen LogP contribution in [0, 0.1) is 0 Å². The van der Waals surface area contributed by atoms with Crippen LogP contribution in [0.4, 0.5) is 0 Å². The van der Waals surface area contributed by atoms with Gasteiger partial charge >= 0.3 is 5.97 Å². The first-order valence-electron chi connectivity index (χ1n) is 8.21. The second-order valence-electron chi connectivity index (χ2n) is 6.35. The average molecular weight is 358 g/mol. The molecule has 0 saturated heterocycles. The van der Waals surface area contributed by atoms with Crippen molar-refractivity contribution in [2.24, 2.45) is 0 Å². The Morgan fingerprint density at radius 3 is 2.32 bits per heavy atom. The maximum absolute atomic E-state index is 12.7. The summed E-state index contributed by atoms with van der Waals surface area (Å²) in [4.78, 5) is 12.7. The number of rotatable bonds is 8. The fraction of sp³-hybridized carbons (Fsp3) is 0.286. The maximum Gasteiger partial charge on any atom is 0.326 e. The Morgan fingerprint density at radius 1 is 1.12 bits per heavy atom. The van der Waals surface area contributed by atoms with E-state index in [-0.39, 0.29) is 5.97 Å². The summed E-state index contributed by atoms with van der Waals surface area (Å²) in [6.07, 6.45) is 1.03. The molecule has 3 nitrogen and oxygen atoms in total. The molecule has 0 aliphatic heterocycles. The fourth-order valence-electron chi connectivity index (χ4n) is 2.93. The molecule has 0 aliphatic carbocycles. The van der Waals surface area contributed by atoms with Crippen molar-refractivity contribution in [1.29, 1.82) is 0 Å². The molecule has 2 aromatic rings. The molecule has 0 bridgehead atoms. The van der Waals surface area contributed by atoms with Crippen molar-refractivity contribution < 1.29 is 9.53 Å². The van der Waals surface area contributed by atoms with Crippen LogP contribution in [0.1, 0.15) is 24.5 Å². The molecule has 0 spiro atoms. The molecule has 0 amide bonds. The smallest absolute Gasteiger partial charge is 0.326 e. The highest BCUT2D eigenvalue weighted by Gasteiger charge is 2.39. The van der Waals surface area contributed by atoms with Crippen LogP contribution >= 0.6 is 11.6 Å². The van der Waals surface area contributed by atoms with E-state index < -0.39 is 5.54 Å². The minimum Gasteiger partial charge on any atom is -0.468 e. The van der Waals surface area contributed by atoms with Crippen LogP contribution in [0.25, 0.3) is 0 Å². The van der Waals surface area contributed by atoms with Gasteiger partial charge in [0.05, 0.1) is 7.11 Å². The van der Waals surface area contributed by atoms with E-state index in [1.807, 2.05) is 61.5 Å². The van der Waals surface area contributed by atoms with Gasteiger partial charge in [0.25, 0.3) is 0 Å². The Bertz CT molecular complexity index is 712. The highest BCUT2D eigenvalue weighted by molar-refractivity contribution is 6.30. The maximum atomic E-state index is 12.7. The zero-order chi connectivity index (χ0) is 18.3. The van der Waals surface area contributed by atoms with Crippen LogP contribution in [0.5, 0.6) is 0 Å². The van der Waals surface area contributed by atoms with Crippen molar-refractivity contribution in [2.75, 3.05) is 7.11 Å². The molecule has 0 radical (unpaired) electrons. The van der Waals surface area contributed by atoms with Crippen molar-refractivity contribution >= 4 is 17.6 Å². The van der Waals surface area contributed by atoms with Gasteiger partial charge in [-0.25, -0.2) is 0 Å². The van der Waals surface area contributed by atoms with Crippen LogP contribution in [0.3, 0.4) is 0 Å². The molecule has 2 aromatic carbocycles. The van der Waals surface area contributed by atoms with Crippen molar-refractivity contribution in [3.05, 3.63) is 82.9 Å². The largest absolute Gasteiger partial charge is 0.468 e. The second kappa shape index (κ2) is 8.84. The third-order valence-electron chi connectivity index (χ3n) is 4.07. The SMILES string of the molecule is C=C(C)C[C@](Cc1ccccc1)(NCc1ccc(Cl)cc1)C(=O)OC. The van der Waals surface area contributed by atoms with E-state index in [0.29, 0.717) is 24.4 Å². The summed E-state index contributed by atoms with van der Waals surface area (Å²) in [6, 6.07) is 17.5. The molecule has 132 valence electrons. The quantitative estimate of drug-likeness (QED) is 0.556. The van der Waals surface area contributed by atoms with Gasteiger partial charge in [0.15, 0.2) is 0 Å². The zero-order valence-electron chi connectivity index (χ0n) is 14.7.